The van der Waals surface area contributed by atoms with Gasteiger partial charge in [-0.15, -0.1) is 6.58 Å². The molecule has 1 aliphatic rings. The number of aryl methyl sites for hydroxylation is 1. The molecule has 1 aliphatic heterocycles. The number of aromatic nitrogens is 4. The van der Waals surface area contributed by atoms with Crippen LogP contribution in [0.3, 0.4) is 0 Å². The molecule has 3 aromatic rings. The molecule has 0 saturated carbocycles. The van der Waals surface area contributed by atoms with E-state index in [2.05, 4.69) is 16.7 Å². The topological polar surface area (TPSA) is 77.4 Å². The van der Waals surface area contributed by atoms with E-state index >= 15 is 0 Å². The minimum absolute atomic E-state index is 0.0473. The summed E-state index contributed by atoms with van der Waals surface area (Å²) in [5.74, 6) is 0.119. The first kappa shape index (κ1) is 17.9. The zero-order valence-corrected chi connectivity index (χ0v) is 15.6. The normalized spacial score (nSPS) is 13.5. The van der Waals surface area contributed by atoms with Crippen molar-refractivity contribution in [3.05, 3.63) is 69.1 Å². The second-order valence-corrected chi connectivity index (χ2v) is 6.74. The lowest BCUT2D eigenvalue weighted by molar-refractivity contribution is 0.623. The van der Waals surface area contributed by atoms with Gasteiger partial charge in [-0.25, -0.2) is 14.2 Å². The maximum Gasteiger partial charge on any atom is 0.332 e. The quantitative estimate of drug-likeness (QED) is 0.640. The van der Waals surface area contributed by atoms with Gasteiger partial charge in [-0.1, -0.05) is 18.2 Å². The number of nitrogens with zero attached hydrogens (tertiary/aromatic N) is 6. The standard InChI is InChI=1S/C19H19FN6O2/c1-4-9-26-18-21-16-15(24(18)10-12(2)22-26)17(27)25(19(28)23(16)3)11-13-5-7-14(20)8-6-13/h4-8H,1,9-11H2,2-3H3. The second-order valence-electron chi connectivity index (χ2n) is 6.74. The smallest absolute Gasteiger partial charge is 0.297 e. The van der Waals surface area contributed by atoms with Crippen LogP contribution in [-0.2, 0) is 20.1 Å². The average Bonchev–Trinajstić information content (AvgIpc) is 3.05. The molecule has 0 amide bonds. The van der Waals surface area contributed by atoms with Crippen LogP contribution in [0.1, 0.15) is 12.5 Å². The van der Waals surface area contributed by atoms with Gasteiger partial charge in [-0.05, 0) is 24.6 Å². The van der Waals surface area contributed by atoms with Crippen LogP contribution in [0.4, 0.5) is 10.3 Å². The van der Waals surface area contributed by atoms with Crippen molar-refractivity contribution < 1.29 is 4.39 Å². The Morgan fingerprint density at radius 1 is 1.25 bits per heavy atom. The second kappa shape index (κ2) is 6.59. The van der Waals surface area contributed by atoms with E-state index in [-0.39, 0.29) is 12.4 Å². The number of hydrazone groups is 1. The molecule has 28 heavy (non-hydrogen) atoms. The van der Waals surface area contributed by atoms with Crippen LogP contribution >= 0.6 is 0 Å². The molecule has 0 N–H and O–H groups in total. The maximum atomic E-state index is 13.2. The fraction of sp³-hybridized carbons (Fsp3) is 0.263. The van der Waals surface area contributed by atoms with Gasteiger partial charge < -0.3 is 0 Å². The monoisotopic (exact) mass is 382 g/mol. The number of fused-ring (bicyclic) bond motifs is 3. The van der Waals surface area contributed by atoms with Gasteiger partial charge in [0.05, 0.1) is 25.3 Å². The first-order valence-electron chi connectivity index (χ1n) is 8.77. The minimum Gasteiger partial charge on any atom is -0.297 e. The van der Waals surface area contributed by atoms with E-state index in [0.29, 0.717) is 35.8 Å². The summed E-state index contributed by atoms with van der Waals surface area (Å²) in [6.07, 6.45) is 1.69. The van der Waals surface area contributed by atoms with Crippen molar-refractivity contribution in [3.8, 4) is 0 Å². The van der Waals surface area contributed by atoms with Crippen molar-refractivity contribution in [2.45, 2.75) is 20.0 Å². The molecule has 0 saturated heterocycles. The highest BCUT2D eigenvalue weighted by atomic mass is 19.1. The molecule has 1 aromatic carbocycles. The summed E-state index contributed by atoms with van der Waals surface area (Å²) in [5, 5.41) is 6.11. The molecule has 4 rings (SSSR count). The van der Waals surface area contributed by atoms with E-state index in [4.69, 9.17) is 0 Å². The highest BCUT2D eigenvalue weighted by Crippen LogP contribution is 2.23. The third kappa shape index (κ3) is 2.75. The molecule has 0 spiro atoms. The third-order valence-electron chi connectivity index (χ3n) is 4.68. The molecule has 0 aliphatic carbocycles. The Kier molecular flexibility index (Phi) is 4.21. The third-order valence-corrected chi connectivity index (χ3v) is 4.68. The fourth-order valence-electron chi connectivity index (χ4n) is 3.37. The Hall–Kier alpha value is -3.49. The molecule has 9 heteroatoms. The van der Waals surface area contributed by atoms with Gasteiger partial charge >= 0.3 is 5.69 Å². The van der Waals surface area contributed by atoms with Crippen molar-refractivity contribution in [1.29, 1.82) is 0 Å². The van der Waals surface area contributed by atoms with Gasteiger partial charge in [0.2, 0.25) is 5.95 Å². The maximum absolute atomic E-state index is 13.2. The van der Waals surface area contributed by atoms with Gasteiger partial charge in [0.1, 0.15) is 5.82 Å². The Morgan fingerprint density at radius 2 is 1.96 bits per heavy atom. The van der Waals surface area contributed by atoms with Gasteiger partial charge in [0.25, 0.3) is 5.56 Å². The largest absolute Gasteiger partial charge is 0.332 e. The van der Waals surface area contributed by atoms with E-state index in [1.54, 1.807) is 34.8 Å². The minimum atomic E-state index is -0.481. The van der Waals surface area contributed by atoms with E-state index in [0.717, 1.165) is 10.3 Å². The van der Waals surface area contributed by atoms with Crippen LogP contribution in [0, 0.1) is 5.82 Å². The molecular weight excluding hydrogens is 363 g/mol. The van der Waals surface area contributed by atoms with Crippen LogP contribution in [0.5, 0.6) is 0 Å². The summed E-state index contributed by atoms with van der Waals surface area (Å²) in [4.78, 5) is 30.5. The molecule has 0 unspecified atom stereocenters. The highest BCUT2D eigenvalue weighted by Gasteiger charge is 2.26. The van der Waals surface area contributed by atoms with Crippen LogP contribution < -0.4 is 16.3 Å². The van der Waals surface area contributed by atoms with Crippen molar-refractivity contribution in [3.63, 3.8) is 0 Å². The molecule has 0 bridgehead atoms. The first-order chi connectivity index (χ1) is 13.4. The summed E-state index contributed by atoms with van der Waals surface area (Å²) in [5.41, 5.74) is 1.19. The number of hydrogen-bond donors (Lipinski definition) is 0. The SMILES string of the molecule is C=CCN1N=C(C)Cn2c1nc1c2c(=O)n(Cc2ccc(F)cc2)c(=O)n1C. The predicted octanol–water partition coefficient (Wildman–Crippen LogP) is 1.47. The molecule has 0 atom stereocenters. The van der Waals surface area contributed by atoms with Gasteiger partial charge in [-0.2, -0.15) is 10.1 Å². The van der Waals surface area contributed by atoms with Crippen LogP contribution in [0.25, 0.3) is 11.2 Å². The van der Waals surface area contributed by atoms with E-state index in [1.165, 1.54) is 16.7 Å². The fourth-order valence-corrected chi connectivity index (χ4v) is 3.37. The zero-order valence-electron chi connectivity index (χ0n) is 15.6. The lowest BCUT2D eigenvalue weighted by Gasteiger charge is -2.23. The first-order valence-corrected chi connectivity index (χ1v) is 8.77. The summed E-state index contributed by atoms with van der Waals surface area (Å²) >= 11 is 0. The number of imidazole rings is 1. The number of benzene rings is 1. The van der Waals surface area contributed by atoms with Gasteiger partial charge in [-0.3, -0.25) is 18.5 Å². The zero-order chi connectivity index (χ0) is 20.0. The molecule has 144 valence electrons. The van der Waals surface area contributed by atoms with Crippen molar-refractivity contribution in [1.82, 2.24) is 18.7 Å². The molecule has 8 nitrogen and oxygen atoms in total. The Bertz CT molecular complexity index is 1230. The molecule has 3 heterocycles. The Labute approximate surface area is 159 Å². The van der Waals surface area contributed by atoms with Gasteiger partial charge in [0, 0.05) is 7.05 Å². The number of hydrogen-bond acceptors (Lipinski definition) is 5. The summed E-state index contributed by atoms with van der Waals surface area (Å²) in [6.45, 7) is 6.47. The Morgan fingerprint density at radius 3 is 2.64 bits per heavy atom. The van der Waals surface area contributed by atoms with Crippen molar-refractivity contribution in [2.24, 2.45) is 12.1 Å². The van der Waals surface area contributed by atoms with Crippen molar-refractivity contribution >= 4 is 22.8 Å². The van der Waals surface area contributed by atoms with E-state index in [9.17, 15) is 14.0 Å². The Balaban J connectivity index is 1.94. The summed E-state index contributed by atoms with van der Waals surface area (Å²) in [6, 6.07) is 5.72. The van der Waals surface area contributed by atoms with Crippen molar-refractivity contribution in [2.75, 3.05) is 11.6 Å². The van der Waals surface area contributed by atoms with E-state index < -0.39 is 11.2 Å². The molecule has 0 radical (unpaired) electrons. The molecule has 0 fully saturated rings. The number of halogens is 1. The average molecular weight is 382 g/mol. The lowest BCUT2D eigenvalue weighted by atomic mass is 10.2. The predicted molar refractivity (Wildman–Crippen MR) is 105 cm³/mol. The van der Waals surface area contributed by atoms with E-state index in [1.807, 2.05) is 6.92 Å². The lowest BCUT2D eigenvalue weighted by Crippen LogP contribution is -2.40. The van der Waals surface area contributed by atoms with Crippen LogP contribution in [-0.4, -0.2) is 30.9 Å². The van der Waals surface area contributed by atoms with Gasteiger partial charge in [0.15, 0.2) is 11.2 Å². The summed E-state index contributed by atoms with van der Waals surface area (Å²) in [7, 11) is 1.58. The van der Waals surface area contributed by atoms with Crippen LogP contribution in [0.2, 0.25) is 0 Å². The number of anilines is 1. The summed E-state index contributed by atoms with van der Waals surface area (Å²) < 4.78 is 17.4. The van der Waals surface area contributed by atoms with Crippen LogP contribution in [0.15, 0.2) is 51.6 Å². The number of rotatable bonds is 4. The molecule has 2 aromatic heterocycles. The highest BCUT2D eigenvalue weighted by molar-refractivity contribution is 5.87. The molecular formula is C19H19FN6O2.